The van der Waals surface area contributed by atoms with Gasteiger partial charge in [-0.3, -0.25) is 4.79 Å². The average Bonchev–Trinajstić information content (AvgIpc) is 3.07. The summed E-state index contributed by atoms with van der Waals surface area (Å²) < 4.78 is 10.3. The van der Waals surface area contributed by atoms with Crippen molar-refractivity contribution in [2.24, 2.45) is 0 Å². The molecule has 3 aromatic rings. The lowest BCUT2D eigenvalue weighted by atomic mass is 10.1. The van der Waals surface area contributed by atoms with Crippen LogP contribution in [0.25, 0.3) is 11.3 Å². The first-order valence-corrected chi connectivity index (χ1v) is 8.86. The Balaban J connectivity index is 1.78. The predicted octanol–water partition coefficient (Wildman–Crippen LogP) is 4.62. The van der Waals surface area contributed by atoms with Crippen molar-refractivity contribution in [3.8, 4) is 17.0 Å². The first-order valence-electron chi connectivity index (χ1n) is 7.30. The van der Waals surface area contributed by atoms with Crippen LogP contribution in [-0.4, -0.2) is 22.1 Å². The Labute approximate surface area is 152 Å². The van der Waals surface area contributed by atoms with E-state index in [2.05, 4.69) is 30.8 Å². The number of amides is 1. The Morgan fingerprint density at radius 1 is 1.17 bits per heavy atom. The third-order valence-corrected chi connectivity index (χ3v) is 4.49. The van der Waals surface area contributed by atoms with E-state index in [-0.39, 0.29) is 5.91 Å². The number of benzene rings is 2. The molecule has 1 aromatic heterocycles. The van der Waals surface area contributed by atoms with E-state index < -0.39 is 0 Å². The monoisotopic (exact) mass is 403 g/mol. The van der Waals surface area contributed by atoms with Crippen LogP contribution < -0.4 is 10.1 Å². The standard InChI is InChI=1S/C17H14BrN3O2S/c1-2-23-14-9-7-13(8-10-14)19-17(22)16-15(20-21-24-16)11-3-5-12(18)6-4-11/h3-10H,2H2,1H3,(H,19,22). The van der Waals surface area contributed by atoms with Crippen LogP contribution in [0, 0.1) is 0 Å². The van der Waals surface area contributed by atoms with Crippen LogP contribution in [0.1, 0.15) is 16.6 Å². The summed E-state index contributed by atoms with van der Waals surface area (Å²) in [5.41, 5.74) is 2.12. The fourth-order valence-corrected chi connectivity index (χ4v) is 2.97. The van der Waals surface area contributed by atoms with Gasteiger partial charge in [-0.25, -0.2) is 0 Å². The number of halogens is 1. The van der Waals surface area contributed by atoms with Gasteiger partial charge in [-0.05, 0) is 54.9 Å². The van der Waals surface area contributed by atoms with E-state index in [1.54, 1.807) is 12.1 Å². The van der Waals surface area contributed by atoms with Gasteiger partial charge in [-0.2, -0.15) is 0 Å². The van der Waals surface area contributed by atoms with Crippen LogP contribution in [0.3, 0.4) is 0 Å². The van der Waals surface area contributed by atoms with Crippen LogP contribution in [0.15, 0.2) is 53.0 Å². The molecule has 0 spiro atoms. The Kier molecular flexibility index (Phi) is 5.22. The summed E-state index contributed by atoms with van der Waals surface area (Å²) in [5, 5.41) is 6.95. The number of rotatable bonds is 5. The van der Waals surface area contributed by atoms with Crippen LogP contribution in [-0.2, 0) is 0 Å². The van der Waals surface area contributed by atoms with Crippen LogP contribution >= 0.6 is 27.5 Å². The smallest absolute Gasteiger partial charge is 0.269 e. The summed E-state index contributed by atoms with van der Waals surface area (Å²) in [5.74, 6) is 0.539. The van der Waals surface area contributed by atoms with Gasteiger partial charge in [0.15, 0.2) is 0 Å². The second-order valence-corrected chi connectivity index (χ2v) is 6.54. The Hall–Kier alpha value is -2.25. The minimum Gasteiger partial charge on any atom is -0.494 e. The van der Waals surface area contributed by atoms with Crippen molar-refractivity contribution in [1.82, 2.24) is 9.59 Å². The van der Waals surface area contributed by atoms with E-state index in [1.807, 2.05) is 43.3 Å². The molecule has 0 radical (unpaired) electrons. The molecule has 0 fully saturated rings. The zero-order chi connectivity index (χ0) is 16.9. The molecular weight excluding hydrogens is 390 g/mol. The summed E-state index contributed by atoms with van der Waals surface area (Å²) in [6, 6.07) is 14.8. The lowest BCUT2D eigenvalue weighted by molar-refractivity contribution is 0.103. The highest BCUT2D eigenvalue weighted by atomic mass is 79.9. The average molecular weight is 404 g/mol. The molecule has 2 aromatic carbocycles. The van der Waals surface area contributed by atoms with Gasteiger partial charge in [0.1, 0.15) is 16.3 Å². The highest BCUT2D eigenvalue weighted by Gasteiger charge is 2.18. The van der Waals surface area contributed by atoms with Crippen LogP contribution in [0.2, 0.25) is 0 Å². The van der Waals surface area contributed by atoms with Gasteiger partial charge in [0.05, 0.1) is 6.61 Å². The topological polar surface area (TPSA) is 64.1 Å². The first-order chi connectivity index (χ1) is 11.7. The van der Waals surface area contributed by atoms with E-state index in [9.17, 15) is 4.79 Å². The molecule has 1 heterocycles. The van der Waals surface area contributed by atoms with E-state index in [1.165, 1.54) is 0 Å². The highest BCUT2D eigenvalue weighted by molar-refractivity contribution is 9.10. The fraction of sp³-hybridized carbons (Fsp3) is 0.118. The molecule has 0 aliphatic rings. The number of hydrogen-bond donors (Lipinski definition) is 1. The van der Waals surface area contributed by atoms with E-state index >= 15 is 0 Å². The second-order valence-electron chi connectivity index (χ2n) is 4.87. The van der Waals surface area contributed by atoms with Crippen molar-refractivity contribution < 1.29 is 9.53 Å². The van der Waals surface area contributed by atoms with Gasteiger partial charge in [-0.15, -0.1) is 5.10 Å². The largest absolute Gasteiger partial charge is 0.494 e. The SMILES string of the molecule is CCOc1ccc(NC(=O)c2snnc2-c2ccc(Br)cc2)cc1. The molecule has 7 heteroatoms. The summed E-state index contributed by atoms with van der Waals surface area (Å²) in [6.07, 6.45) is 0. The number of carbonyl (C=O) groups excluding carboxylic acids is 1. The third kappa shape index (κ3) is 3.80. The third-order valence-electron chi connectivity index (χ3n) is 3.24. The van der Waals surface area contributed by atoms with Crippen molar-refractivity contribution >= 4 is 39.1 Å². The molecule has 0 aliphatic heterocycles. The molecule has 0 bridgehead atoms. The van der Waals surface area contributed by atoms with Gasteiger partial charge in [0.25, 0.3) is 5.91 Å². The summed E-state index contributed by atoms with van der Waals surface area (Å²) in [6.45, 7) is 2.53. The van der Waals surface area contributed by atoms with Crippen LogP contribution in [0.5, 0.6) is 5.75 Å². The number of hydrogen-bond acceptors (Lipinski definition) is 5. The summed E-state index contributed by atoms with van der Waals surface area (Å²) in [4.78, 5) is 13.0. The van der Waals surface area contributed by atoms with E-state index in [4.69, 9.17) is 4.74 Å². The molecule has 122 valence electrons. The van der Waals surface area contributed by atoms with Gasteiger partial charge in [0, 0.05) is 15.7 Å². The number of aromatic nitrogens is 2. The van der Waals surface area contributed by atoms with Crippen molar-refractivity contribution in [3.63, 3.8) is 0 Å². The van der Waals surface area contributed by atoms with E-state index in [0.717, 1.165) is 27.3 Å². The maximum absolute atomic E-state index is 12.5. The van der Waals surface area contributed by atoms with Gasteiger partial charge >= 0.3 is 0 Å². The van der Waals surface area contributed by atoms with Crippen molar-refractivity contribution in [1.29, 1.82) is 0 Å². The van der Waals surface area contributed by atoms with Gasteiger partial charge in [0.2, 0.25) is 0 Å². The maximum Gasteiger partial charge on any atom is 0.269 e. The highest BCUT2D eigenvalue weighted by Crippen LogP contribution is 2.26. The summed E-state index contributed by atoms with van der Waals surface area (Å²) in [7, 11) is 0. The fourth-order valence-electron chi connectivity index (χ4n) is 2.13. The molecule has 5 nitrogen and oxygen atoms in total. The lowest BCUT2D eigenvalue weighted by Crippen LogP contribution is -2.11. The second kappa shape index (κ2) is 7.55. The molecule has 0 atom stereocenters. The Morgan fingerprint density at radius 3 is 2.54 bits per heavy atom. The molecule has 1 amide bonds. The molecule has 0 saturated heterocycles. The number of ether oxygens (including phenoxy) is 1. The minimum atomic E-state index is -0.230. The quantitative estimate of drug-likeness (QED) is 0.674. The molecule has 3 rings (SSSR count). The van der Waals surface area contributed by atoms with Crippen molar-refractivity contribution in [2.75, 3.05) is 11.9 Å². The molecule has 1 N–H and O–H groups in total. The first kappa shape index (κ1) is 16.6. The number of nitrogens with zero attached hydrogens (tertiary/aromatic N) is 2. The number of carbonyl (C=O) groups is 1. The molecule has 0 unspecified atom stereocenters. The predicted molar refractivity (Wildman–Crippen MR) is 98.6 cm³/mol. The van der Waals surface area contributed by atoms with Crippen LogP contribution in [0.4, 0.5) is 5.69 Å². The lowest BCUT2D eigenvalue weighted by Gasteiger charge is -2.07. The van der Waals surface area contributed by atoms with Gasteiger partial charge < -0.3 is 10.1 Å². The van der Waals surface area contributed by atoms with E-state index in [0.29, 0.717) is 22.9 Å². The zero-order valence-electron chi connectivity index (χ0n) is 12.8. The van der Waals surface area contributed by atoms with Crippen molar-refractivity contribution in [2.45, 2.75) is 6.92 Å². The maximum atomic E-state index is 12.5. The minimum absolute atomic E-state index is 0.230. The molecule has 0 saturated carbocycles. The summed E-state index contributed by atoms with van der Waals surface area (Å²) >= 11 is 4.47. The number of anilines is 1. The molecule has 0 aliphatic carbocycles. The van der Waals surface area contributed by atoms with Crippen molar-refractivity contribution in [3.05, 3.63) is 57.9 Å². The zero-order valence-corrected chi connectivity index (χ0v) is 15.2. The Bertz CT molecular complexity index is 832. The normalized spacial score (nSPS) is 10.4. The number of nitrogens with one attached hydrogen (secondary N) is 1. The van der Waals surface area contributed by atoms with Gasteiger partial charge in [-0.1, -0.05) is 32.6 Å². The molecule has 24 heavy (non-hydrogen) atoms. The Morgan fingerprint density at radius 2 is 1.88 bits per heavy atom. The molecular formula is C17H14BrN3O2S.